The molecule has 2 amide bonds. The van der Waals surface area contributed by atoms with Gasteiger partial charge >= 0.3 is 12.2 Å². The summed E-state index contributed by atoms with van der Waals surface area (Å²) >= 11 is 0. The number of nitrogens with zero attached hydrogens (tertiary/aromatic N) is 2. The third-order valence-electron chi connectivity index (χ3n) is 7.81. The van der Waals surface area contributed by atoms with Crippen molar-refractivity contribution in [2.75, 3.05) is 43.5 Å². The first-order chi connectivity index (χ1) is 17.6. The lowest BCUT2D eigenvalue weighted by molar-refractivity contribution is -0.143. The number of hydrogen-bond acceptors (Lipinski definition) is 5. The lowest BCUT2D eigenvalue weighted by Gasteiger charge is -2.20. The number of likely N-dealkylation sites (tertiary alicyclic amines) is 1. The van der Waals surface area contributed by atoms with Gasteiger partial charge in [-0.1, -0.05) is 6.07 Å². The van der Waals surface area contributed by atoms with Crippen LogP contribution in [0.15, 0.2) is 30.3 Å². The molecule has 2 saturated heterocycles. The molecule has 10 heteroatoms. The Morgan fingerprint density at radius 2 is 2.14 bits per heavy atom. The predicted molar refractivity (Wildman–Crippen MR) is 135 cm³/mol. The van der Waals surface area contributed by atoms with Gasteiger partial charge in [0.1, 0.15) is 5.82 Å². The number of aromatic nitrogens is 1. The van der Waals surface area contributed by atoms with Crippen LogP contribution < -0.4 is 10.6 Å². The van der Waals surface area contributed by atoms with Crippen molar-refractivity contribution in [3.63, 3.8) is 0 Å². The molecule has 7 nitrogen and oxygen atoms in total. The molecule has 3 heterocycles. The largest absolute Gasteiger partial charge is 0.394 e. The molecule has 0 spiro atoms. The zero-order valence-corrected chi connectivity index (χ0v) is 21.1. The molecule has 1 saturated carbocycles. The summed E-state index contributed by atoms with van der Waals surface area (Å²) in [6, 6.07) is 9.07. The molecule has 1 aromatic heterocycles. The average Bonchev–Trinajstić information content (AvgIpc) is 3.14. The van der Waals surface area contributed by atoms with Crippen molar-refractivity contribution < 1.29 is 27.8 Å². The first kappa shape index (κ1) is 25.8. The van der Waals surface area contributed by atoms with Gasteiger partial charge in [-0.2, -0.15) is 13.2 Å². The second-order valence-corrected chi connectivity index (χ2v) is 10.8. The third-order valence-corrected chi connectivity index (χ3v) is 7.81. The van der Waals surface area contributed by atoms with E-state index in [1.807, 2.05) is 32.0 Å². The van der Waals surface area contributed by atoms with Gasteiger partial charge in [0.25, 0.3) is 0 Å². The van der Waals surface area contributed by atoms with Crippen molar-refractivity contribution in [1.82, 2.24) is 9.88 Å². The second kappa shape index (κ2) is 9.79. The zero-order valence-electron chi connectivity index (χ0n) is 21.1. The third kappa shape index (κ3) is 5.55. The Morgan fingerprint density at radius 3 is 2.81 bits per heavy atom. The van der Waals surface area contributed by atoms with Crippen LogP contribution in [0.2, 0.25) is 0 Å². The smallest absolute Gasteiger partial charge is 0.389 e. The number of ether oxygens (including phenoxy) is 1. The summed E-state index contributed by atoms with van der Waals surface area (Å²) < 4.78 is 44.0. The Kier molecular flexibility index (Phi) is 6.83. The fourth-order valence-electron chi connectivity index (χ4n) is 5.58. The van der Waals surface area contributed by atoms with Gasteiger partial charge < -0.3 is 25.4 Å². The first-order valence-corrected chi connectivity index (χ1v) is 12.8. The molecule has 1 aromatic carbocycles. The number of rotatable bonds is 7. The van der Waals surface area contributed by atoms with Gasteiger partial charge in [-0.3, -0.25) is 0 Å². The Morgan fingerprint density at radius 1 is 1.32 bits per heavy atom. The highest BCUT2D eigenvalue weighted by molar-refractivity contribution is 5.90. The van der Waals surface area contributed by atoms with E-state index in [2.05, 4.69) is 16.7 Å². The van der Waals surface area contributed by atoms with Gasteiger partial charge in [0.15, 0.2) is 0 Å². The molecule has 0 radical (unpaired) electrons. The molecular formula is C27H33F3N4O3. The molecule has 5 rings (SSSR count). The normalized spacial score (nSPS) is 25.6. The minimum atomic E-state index is -4.22. The molecular weight excluding hydrogens is 485 g/mol. The van der Waals surface area contributed by atoms with Crippen LogP contribution in [0.1, 0.15) is 37.4 Å². The van der Waals surface area contributed by atoms with E-state index in [0.717, 1.165) is 35.4 Å². The molecule has 3 fully saturated rings. The average molecular weight is 519 g/mol. The summed E-state index contributed by atoms with van der Waals surface area (Å²) in [5.74, 6) is 0.571. The van der Waals surface area contributed by atoms with Crippen LogP contribution in [0.5, 0.6) is 0 Å². The highest BCUT2D eigenvalue weighted by atomic mass is 19.4. The highest BCUT2D eigenvalue weighted by Gasteiger charge is 2.60. The van der Waals surface area contributed by atoms with Crippen LogP contribution in [-0.2, 0) is 10.2 Å². The number of aliphatic hydroxyl groups excluding tert-OH is 1. The van der Waals surface area contributed by atoms with Gasteiger partial charge in [-0.15, -0.1) is 0 Å². The van der Waals surface area contributed by atoms with Crippen molar-refractivity contribution >= 4 is 17.5 Å². The quantitative estimate of drug-likeness (QED) is 0.483. The van der Waals surface area contributed by atoms with Crippen LogP contribution in [0.3, 0.4) is 0 Å². The van der Waals surface area contributed by atoms with Crippen molar-refractivity contribution in [3.05, 3.63) is 41.6 Å². The number of aliphatic hydroxyl groups is 1. The topological polar surface area (TPSA) is 86.7 Å². The molecule has 200 valence electrons. The van der Waals surface area contributed by atoms with E-state index in [1.165, 1.54) is 4.90 Å². The van der Waals surface area contributed by atoms with E-state index in [1.54, 1.807) is 6.07 Å². The van der Waals surface area contributed by atoms with E-state index in [0.29, 0.717) is 37.0 Å². The fraction of sp³-hybridized carbons (Fsp3) is 0.556. The number of nitrogens with one attached hydrogen (secondary N) is 2. The zero-order chi connectivity index (χ0) is 26.4. The Hall–Kier alpha value is -2.85. The molecule has 37 heavy (non-hydrogen) atoms. The molecule has 1 unspecified atom stereocenters. The van der Waals surface area contributed by atoms with Gasteiger partial charge in [0, 0.05) is 36.7 Å². The van der Waals surface area contributed by atoms with Crippen LogP contribution in [0, 0.1) is 18.8 Å². The van der Waals surface area contributed by atoms with Gasteiger partial charge in [-0.25, -0.2) is 9.78 Å². The number of pyridine rings is 1. The highest BCUT2D eigenvalue weighted by Crippen LogP contribution is 2.58. The molecule has 1 aliphatic carbocycles. The van der Waals surface area contributed by atoms with Crippen molar-refractivity contribution in [2.45, 2.75) is 50.7 Å². The summed E-state index contributed by atoms with van der Waals surface area (Å²) in [6.45, 7) is 5.63. The van der Waals surface area contributed by atoms with Crippen LogP contribution >= 0.6 is 0 Å². The number of halogens is 3. The van der Waals surface area contributed by atoms with Gasteiger partial charge in [-0.05, 0) is 79.5 Å². The van der Waals surface area contributed by atoms with E-state index >= 15 is 0 Å². The SMILES string of the molecule is Cc1ccc(NC(=O)N2CCC(CC(F)(F)F)C2)cc1-c1cc(N[C@H](C)CO)nc([C@]23COC[C@H]2C3)c1. The number of carbonyl (C=O) groups is 1. The standard InChI is InChI=1S/C27H33F3N4O3/c1-16-3-4-21(32-25(36)34-6-5-18(12-34)10-27(28,29)30)9-22(16)19-7-23(26-11-20(26)14-37-15-26)33-24(8-19)31-17(2)13-35/h3-4,7-9,17-18,20,35H,5-6,10-15H2,1-2H3,(H,31,33)(H,32,36)/t17-,18?,20-,26-/m1/s1. The number of fused-ring (bicyclic) bond motifs is 1. The maximum atomic E-state index is 12.8. The number of carbonyl (C=O) groups excluding carboxylic acids is 1. The van der Waals surface area contributed by atoms with Crippen LogP contribution in [0.25, 0.3) is 11.1 Å². The molecule has 3 N–H and O–H groups in total. The number of alkyl halides is 3. The minimum Gasteiger partial charge on any atom is -0.394 e. The molecule has 2 aliphatic heterocycles. The predicted octanol–water partition coefficient (Wildman–Crippen LogP) is 4.94. The summed E-state index contributed by atoms with van der Waals surface area (Å²) in [7, 11) is 0. The van der Waals surface area contributed by atoms with Crippen LogP contribution in [-0.4, -0.2) is 66.1 Å². The summed E-state index contributed by atoms with van der Waals surface area (Å²) in [6.07, 6.45) is -3.70. The van der Waals surface area contributed by atoms with E-state index < -0.39 is 24.5 Å². The van der Waals surface area contributed by atoms with Crippen molar-refractivity contribution in [2.24, 2.45) is 11.8 Å². The number of anilines is 2. The van der Waals surface area contributed by atoms with E-state index in [4.69, 9.17) is 9.72 Å². The van der Waals surface area contributed by atoms with Crippen molar-refractivity contribution in [3.8, 4) is 11.1 Å². The van der Waals surface area contributed by atoms with E-state index in [-0.39, 0.29) is 24.6 Å². The van der Waals surface area contributed by atoms with Crippen LogP contribution in [0.4, 0.5) is 29.5 Å². The Balaban J connectivity index is 1.38. The minimum absolute atomic E-state index is 0.0288. The van der Waals surface area contributed by atoms with Gasteiger partial charge in [0.2, 0.25) is 0 Å². The van der Waals surface area contributed by atoms with E-state index in [9.17, 15) is 23.1 Å². The number of aryl methyl sites for hydroxylation is 1. The summed E-state index contributed by atoms with van der Waals surface area (Å²) in [5.41, 5.74) is 4.33. The number of hydrogen-bond donors (Lipinski definition) is 3. The number of urea groups is 1. The Bertz CT molecular complexity index is 1170. The van der Waals surface area contributed by atoms with Gasteiger partial charge in [0.05, 0.1) is 25.5 Å². The maximum Gasteiger partial charge on any atom is 0.389 e. The van der Waals surface area contributed by atoms with Crippen molar-refractivity contribution in [1.29, 1.82) is 0 Å². The molecule has 3 aliphatic rings. The fourth-order valence-corrected chi connectivity index (χ4v) is 5.58. The molecule has 4 atom stereocenters. The Labute approximate surface area is 214 Å². The summed E-state index contributed by atoms with van der Waals surface area (Å²) in [4.78, 5) is 19.1. The monoisotopic (exact) mass is 518 g/mol. The molecule has 2 aromatic rings. The summed E-state index contributed by atoms with van der Waals surface area (Å²) in [5, 5.41) is 15.7. The lowest BCUT2D eigenvalue weighted by atomic mass is 9.95. The maximum absolute atomic E-state index is 12.8. The molecule has 0 bridgehead atoms. The first-order valence-electron chi connectivity index (χ1n) is 12.8. The second-order valence-electron chi connectivity index (χ2n) is 10.8. The lowest BCUT2D eigenvalue weighted by Crippen LogP contribution is -2.33. The number of amides is 2. The number of benzene rings is 1.